The smallest absolute Gasteiger partial charge is 0.338 e. The summed E-state index contributed by atoms with van der Waals surface area (Å²) in [6.07, 6.45) is 4.79. The Hall–Kier alpha value is -4.24. The van der Waals surface area contributed by atoms with Gasteiger partial charge in [-0.05, 0) is 49.1 Å². The molecule has 6 rings (SSSR count). The molecule has 9 nitrogen and oxygen atoms in total. The summed E-state index contributed by atoms with van der Waals surface area (Å²) in [6.45, 7) is 1.85. The maximum absolute atomic E-state index is 12.4. The third-order valence-electron chi connectivity index (χ3n) is 7.11. The summed E-state index contributed by atoms with van der Waals surface area (Å²) >= 11 is 0. The van der Waals surface area contributed by atoms with Gasteiger partial charge in [0.05, 0.1) is 29.5 Å². The van der Waals surface area contributed by atoms with Gasteiger partial charge in [-0.25, -0.2) is 9.78 Å². The predicted octanol–water partition coefficient (Wildman–Crippen LogP) is 4.61. The van der Waals surface area contributed by atoms with E-state index >= 15 is 0 Å². The number of nitrogens with zero attached hydrogens (tertiary/aromatic N) is 3. The molecule has 2 aromatic heterocycles. The Balaban J connectivity index is 1.34. The Morgan fingerprint density at radius 3 is 2.69 bits per heavy atom. The van der Waals surface area contributed by atoms with Crippen LogP contribution in [0, 0.1) is 0 Å². The van der Waals surface area contributed by atoms with Gasteiger partial charge in [-0.15, -0.1) is 10.2 Å². The molecule has 2 aliphatic rings. The van der Waals surface area contributed by atoms with Crippen LogP contribution in [0.25, 0.3) is 11.5 Å². The predicted molar refractivity (Wildman–Crippen MR) is 133 cm³/mol. The molecule has 0 bridgehead atoms. The van der Waals surface area contributed by atoms with Gasteiger partial charge in [0.15, 0.2) is 0 Å². The highest BCUT2D eigenvalue weighted by molar-refractivity contribution is 5.94. The minimum absolute atomic E-state index is 0.0904. The number of pyridine rings is 1. The van der Waals surface area contributed by atoms with Crippen LogP contribution < -0.4 is 10.6 Å². The normalized spacial score (nSPS) is 18.3. The van der Waals surface area contributed by atoms with E-state index < -0.39 is 0 Å². The highest BCUT2D eigenvalue weighted by Gasteiger charge is 2.55. The number of carbonyl (C=O) groups is 1. The van der Waals surface area contributed by atoms with Crippen molar-refractivity contribution in [1.82, 2.24) is 15.2 Å². The average molecular weight is 484 g/mol. The van der Waals surface area contributed by atoms with Gasteiger partial charge in [0.1, 0.15) is 11.9 Å². The van der Waals surface area contributed by atoms with Crippen LogP contribution in [0.4, 0.5) is 17.2 Å². The quantitative estimate of drug-likeness (QED) is 0.323. The summed E-state index contributed by atoms with van der Waals surface area (Å²) < 4.78 is 11.0. The fraction of sp³-hybridized carbons (Fsp3) is 0.259. The van der Waals surface area contributed by atoms with E-state index in [1.165, 1.54) is 6.39 Å². The summed E-state index contributed by atoms with van der Waals surface area (Å²) in [5, 5.41) is 24.7. The van der Waals surface area contributed by atoms with Gasteiger partial charge < -0.3 is 24.9 Å². The molecule has 1 aliphatic carbocycles. The monoisotopic (exact) mass is 483 g/mol. The van der Waals surface area contributed by atoms with Gasteiger partial charge in [-0.1, -0.05) is 30.3 Å². The standard InChI is InChI=1S/C27H25N5O4/c1-16-27(9-10-27)21-11-18(7-8-19(21)26(34)36-16)30-24-12-22(20(13-28-24)25-32-29-15-35-25)31-23(14-33)17-5-3-2-4-6-17/h2-8,11-13,15-16,23,33H,9-10,14H2,1H3,(H2,28,30,31)/t16?,23-/m1/s1. The molecule has 0 amide bonds. The highest BCUT2D eigenvalue weighted by atomic mass is 16.5. The maximum Gasteiger partial charge on any atom is 0.338 e. The second kappa shape index (κ2) is 8.76. The number of cyclic esters (lactones) is 1. The van der Waals surface area contributed by atoms with E-state index in [4.69, 9.17) is 9.15 Å². The molecule has 1 spiro atoms. The number of ether oxygens (including phenoxy) is 1. The van der Waals surface area contributed by atoms with Crippen molar-refractivity contribution < 1.29 is 19.1 Å². The molecular weight excluding hydrogens is 458 g/mol. The van der Waals surface area contributed by atoms with E-state index in [9.17, 15) is 9.90 Å². The van der Waals surface area contributed by atoms with E-state index in [-0.39, 0.29) is 30.1 Å². The van der Waals surface area contributed by atoms with Gasteiger partial charge >= 0.3 is 5.97 Å². The van der Waals surface area contributed by atoms with Gasteiger partial charge in [-0.2, -0.15) is 0 Å². The number of rotatable bonds is 7. The molecule has 0 radical (unpaired) electrons. The average Bonchev–Trinajstić information content (AvgIpc) is 3.53. The van der Waals surface area contributed by atoms with E-state index in [1.54, 1.807) is 6.20 Å². The number of aliphatic hydroxyl groups is 1. The van der Waals surface area contributed by atoms with Crippen molar-refractivity contribution in [3.8, 4) is 11.5 Å². The number of nitrogens with one attached hydrogen (secondary N) is 2. The van der Waals surface area contributed by atoms with E-state index in [1.807, 2.05) is 61.5 Å². The lowest BCUT2D eigenvalue weighted by molar-refractivity contribution is 0.0191. The zero-order chi connectivity index (χ0) is 24.7. The lowest BCUT2D eigenvalue weighted by Crippen LogP contribution is -2.35. The fourth-order valence-electron chi connectivity index (χ4n) is 4.94. The molecule has 4 aromatic rings. The van der Waals surface area contributed by atoms with Crippen LogP contribution in [0.3, 0.4) is 0 Å². The van der Waals surface area contributed by atoms with Gasteiger partial charge in [-0.3, -0.25) is 0 Å². The van der Waals surface area contributed by atoms with Crippen LogP contribution in [-0.4, -0.2) is 39.0 Å². The molecule has 1 aliphatic heterocycles. The summed E-state index contributed by atoms with van der Waals surface area (Å²) in [6, 6.07) is 16.9. The zero-order valence-electron chi connectivity index (χ0n) is 19.6. The van der Waals surface area contributed by atoms with Crippen molar-refractivity contribution in [1.29, 1.82) is 0 Å². The fourth-order valence-corrected chi connectivity index (χ4v) is 4.94. The van der Waals surface area contributed by atoms with Crippen LogP contribution in [0.1, 0.15) is 47.3 Å². The zero-order valence-corrected chi connectivity index (χ0v) is 19.6. The molecule has 2 atom stereocenters. The highest BCUT2D eigenvalue weighted by Crippen LogP contribution is 2.55. The molecule has 182 valence electrons. The largest absolute Gasteiger partial charge is 0.458 e. The van der Waals surface area contributed by atoms with Crippen molar-refractivity contribution in [3.05, 3.63) is 83.9 Å². The summed E-state index contributed by atoms with van der Waals surface area (Å²) in [5.41, 5.74) is 4.63. The van der Waals surface area contributed by atoms with Crippen LogP contribution in [-0.2, 0) is 10.2 Å². The molecule has 3 N–H and O–H groups in total. The minimum atomic E-state index is -0.353. The van der Waals surface area contributed by atoms with E-state index in [0.717, 1.165) is 29.7 Å². The number of esters is 1. The molecule has 1 unspecified atom stereocenters. The Morgan fingerprint density at radius 1 is 1.14 bits per heavy atom. The number of aromatic nitrogens is 3. The number of carbonyl (C=O) groups excluding carboxylic acids is 1. The SMILES string of the molecule is CC1OC(=O)c2ccc(Nc3cc(N[C@H](CO)c4ccccc4)c(-c4nnco4)cn3)cc2C12CC2. The van der Waals surface area contributed by atoms with Crippen LogP contribution >= 0.6 is 0 Å². The number of hydrogen-bond donors (Lipinski definition) is 3. The molecule has 9 heteroatoms. The van der Waals surface area contributed by atoms with Gasteiger partial charge in [0, 0.05) is 23.4 Å². The van der Waals surface area contributed by atoms with Crippen LogP contribution in [0.15, 0.2) is 71.6 Å². The van der Waals surface area contributed by atoms with Crippen LogP contribution in [0.5, 0.6) is 0 Å². The second-order valence-electron chi connectivity index (χ2n) is 9.24. The van der Waals surface area contributed by atoms with Crippen molar-refractivity contribution >= 4 is 23.2 Å². The molecule has 1 fully saturated rings. The Labute approximate surface area is 207 Å². The molecule has 36 heavy (non-hydrogen) atoms. The first-order valence-electron chi connectivity index (χ1n) is 11.9. The van der Waals surface area contributed by atoms with E-state index in [0.29, 0.717) is 28.5 Å². The molecule has 2 aromatic carbocycles. The molecule has 3 heterocycles. The molecule has 1 saturated carbocycles. The summed E-state index contributed by atoms with van der Waals surface area (Å²) in [4.78, 5) is 17.0. The second-order valence-corrected chi connectivity index (χ2v) is 9.24. The topological polar surface area (TPSA) is 122 Å². The summed E-state index contributed by atoms with van der Waals surface area (Å²) in [5.74, 6) is 0.631. The molecule has 0 saturated heterocycles. The van der Waals surface area contributed by atoms with Crippen molar-refractivity contribution in [2.45, 2.75) is 37.3 Å². The Bertz CT molecular complexity index is 1400. The number of benzene rings is 2. The van der Waals surface area contributed by atoms with Gasteiger partial charge in [0.2, 0.25) is 6.39 Å². The van der Waals surface area contributed by atoms with Crippen molar-refractivity contribution in [2.75, 3.05) is 17.2 Å². The first-order chi connectivity index (χ1) is 17.6. The number of aliphatic hydroxyl groups excluding tert-OH is 1. The van der Waals surface area contributed by atoms with Crippen molar-refractivity contribution in [3.63, 3.8) is 0 Å². The third kappa shape index (κ3) is 3.87. The third-order valence-corrected chi connectivity index (χ3v) is 7.11. The van der Waals surface area contributed by atoms with Crippen molar-refractivity contribution in [2.24, 2.45) is 0 Å². The minimum Gasteiger partial charge on any atom is -0.458 e. The molecular formula is C27H25N5O4. The van der Waals surface area contributed by atoms with Crippen LogP contribution in [0.2, 0.25) is 0 Å². The lowest BCUT2D eigenvalue weighted by atomic mass is 9.84. The first-order valence-corrected chi connectivity index (χ1v) is 11.9. The lowest BCUT2D eigenvalue weighted by Gasteiger charge is -2.31. The maximum atomic E-state index is 12.4. The van der Waals surface area contributed by atoms with E-state index in [2.05, 4.69) is 25.8 Å². The first kappa shape index (κ1) is 22.2. The Kier molecular flexibility index (Phi) is 5.41. The number of anilines is 3. The number of fused-ring (bicyclic) bond motifs is 2. The Morgan fingerprint density at radius 2 is 1.97 bits per heavy atom. The van der Waals surface area contributed by atoms with Gasteiger partial charge in [0.25, 0.3) is 5.89 Å². The summed E-state index contributed by atoms with van der Waals surface area (Å²) in [7, 11) is 0. The number of hydrogen-bond acceptors (Lipinski definition) is 9.